The van der Waals surface area contributed by atoms with Crippen molar-refractivity contribution in [2.45, 2.75) is 26.7 Å². The highest BCUT2D eigenvalue weighted by molar-refractivity contribution is 6.14. The molecule has 2 unspecified atom stereocenters. The highest BCUT2D eigenvalue weighted by atomic mass is 19.1. The average molecular weight is 421 g/mol. The number of nitrogens with one attached hydrogen (secondary N) is 1. The molecule has 2 aromatic carbocycles. The molecule has 2 atom stereocenters. The van der Waals surface area contributed by atoms with E-state index >= 15 is 0 Å². The molecule has 0 saturated heterocycles. The summed E-state index contributed by atoms with van der Waals surface area (Å²) in [5.74, 6) is -4.19. The van der Waals surface area contributed by atoms with Gasteiger partial charge in [0.15, 0.2) is 5.78 Å². The molecule has 1 amide bonds. The van der Waals surface area contributed by atoms with E-state index in [4.69, 9.17) is 4.42 Å². The Labute approximate surface area is 180 Å². The van der Waals surface area contributed by atoms with Crippen LogP contribution in [0.25, 0.3) is 0 Å². The Morgan fingerprint density at radius 2 is 1.55 bits per heavy atom. The molecule has 0 radical (unpaired) electrons. The van der Waals surface area contributed by atoms with Crippen LogP contribution in [0, 0.1) is 24.6 Å². The Bertz CT molecular complexity index is 1070. The first-order valence-corrected chi connectivity index (χ1v) is 10.0. The number of ketones is 2. The molecule has 3 aromatic rings. The van der Waals surface area contributed by atoms with Gasteiger partial charge in [0.1, 0.15) is 29.0 Å². The van der Waals surface area contributed by atoms with Gasteiger partial charge in [-0.2, -0.15) is 0 Å². The lowest BCUT2D eigenvalue weighted by Crippen LogP contribution is -2.39. The number of Topliss-reactive ketones (excluding diaryl/α,β-unsaturated/α-hetero) is 2. The maximum atomic E-state index is 13.5. The molecule has 0 aliphatic rings. The van der Waals surface area contributed by atoms with E-state index in [1.807, 2.05) is 0 Å². The first-order valence-electron chi connectivity index (χ1n) is 10.0. The maximum absolute atomic E-state index is 13.5. The third-order valence-corrected chi connectivity index (χ3v) is 5.01. The largest absolute Gasteiger partial charge is 0.466 e. The Balaban J connectivity index is 2.08. The second kappa shape index (κ2) is 9.51. The normalized spacial score (nSPS) is 12.9. The van der Waals surface area contributed by atoms with E-state index in [1.165, 1.54) is 24.3 Å². The lowest BCUT2D eigenvalue weighted by atomic mass is 9.78. The van der Waals surface area contributed by atoms with Gasteiger partial charge in [0.25, 0.3) is 0 Å². The van der Waals surface area contributed by atoms with Gasteiger partial charge >= 0.3 is 0 Å². The predicted octanol–water partition coefficient (Wildman–Crippen LogP) is 5.17. The molecular weight excluding hydrogens is 397 g/mol. The van der Waals surface area contributed by atoms with Gasteiger partial charge in [-0.25, -0.2) is 4.39 Å². The first-order chi connectivity index (χ1) is 14.8. The van der Waals surface area contributed by atoms with Crippen molar-refractivity contribution in [3.63, 3.8) is 0 Å². The van der Waals surface area contributed by atoms with Gasteiger partial charge in [-0.15, -0.1) is 0 Å². The second-order valence-corrected chi connectivity index (χ2v) is 7.69. The van der Waals surface area contributed by atoms with Crippen LogP contribution < -0.4 is 5.32 Å². The van der Waals surface area contributed by atoms with Crippen molar-refractivity contribution in [2.24, 2.45) is 11.8 Å². The molecule has 3 rings (SSSR count). The smallest absolute Gasteiger partial charge is 0.236 e. The number of rotatable bonds is 8. The minimum atomic E-state index is -1.32. The van der Waals surface area contributed by atoms with Crippen LogP contribution in [0.15, 0.2) is 71.1 Å². The number of para-hydroxylation sites is 1. The molecule has 1 aromatic heterocycles. The topological polar surface area (TPSA) is 76.4 Å². The number of carbonyl (C=O) groups excluding carboxylic acids is 3. The number of anilines is 1. The molecule has 0 aliphatic carbocycles. The summed E-state index contributed by atoms with van der Waals surface area (Å²) in [6, 6.07) is 17.0. The fourth-order valence-corrected chi connectivity index (χ4v) is 3.40. The number of benzene rings is 2. The van der Waals surface area contributed by atoms with Gasteiger partial charge in [-0.05, 0) is 55.5 Å². The van der Waals surface area contributed by atoms with Crippen molar-refractivity contribution < 1.29 is 23.2 Å². The summed E-state index contributed by atoms with van der Waals surface area (Å²) in [6.45, 7) is 5.07. The van der Waals surface area contributed by atoms with Crippen LogP contribution in [0.1, 0.15) is 41.6 Å². The van der Waals surface area contributed by atoms with Gasteiger partial charge in [-0.1, -0.05) is 32.0 Å². The fraction of sp³-hybridized carbons (Fsp3) is 0.240. The lowest BCUT2D eigenvalue weighted by molar-refractivity contribution is -0.133. The van der Waals surface area contributed by atoms with Gasteiger partial charge < -0.3 is 9.73 Å². The van der Waals surface area contributed by atoms with Crippen LogP contribution in [-0.4, -0.2) is 17.5 Å². The molecule has 160 valence electrons. The zero-order chi connectivity index (χ0) is 22.5. The molecule has 0 fully saturated rings. The Kier molecular flexibility index (Phi) is 6.80. The Morgan fingerprint density at radius 3 is 2.10 bits per heavy atom. The van der Waals surface area contributed by atoms with E-state index in [1.54, 1.807) is 63.2 Å². The Hall–Kier alpha value is -3.54. The van der Waals surface area contributed by atoms with Gasteiger partial charge in [0.2, 0.25) is 5.91 Å². The molecule has 0 bridgehead atoms. The number of halogens is 1. The molecule has 0 aliphatic heterocycles. The SMILES string of the molecule is Cc1ccc(C(C(=O)c2ccc(F)cc2)C(C(=O)Nc2ccccc2)C(=O)C(C)C)o1. The van der Waals surface area contributed by atoms with Gasteiger partial charge in [-0.3, -0.25) is 14.4 Å². The van der Waals surface area contributed by atoms with Crippen LogP contribution in [0.5, 0.6) is 0 Å². The monoisotopic (exact) mass is 421 g/mol. The zero-order valence-corrected chi connectivity index (χ0v) is 17.6. The quantitative estimate of drug-likeness (QED) is 0.402. The fourth-order valence-electron chi connectivity index (χ4n) is 3.40. The van der Waals surface area contributed by atoms with E-state index in [-0.39, 0.29) is 17.1 Å². The third kappa shape index (κ3) is 5.15. The predicted molar refractivity (Wildman–Crippen MR) is 115 cm³/mol. The molecule has 0 saturated carbocycles. The van der Waals surface area contributed by atoms with Crippen LogP contribution in [-0.2, 0) is 9.59 Å². The molecule has 0 spiro atoms. The highest BCUT2D eigenvalue weighted by Crippen LogP contribution is 2.33. The maximum Gasteiger partial charge on any atom is 0.236 e. The Morgan fingerprint density at radius 1 is 0.903 bits per heavy atom. The van der Waals surface area contributed by atoms with Crippen molar-refractivity contribution in [3.05, 3.63) is 89.6 Å². The standard InChI is InChI=1S/C25H24FNO4/c1-15(2)23(28)22(25(30)27-19-7-5-4-6-8-19)21(20-14-9-16(3)31-20)24(29)17-10-12-18(26)13-11-17/h4-15,21-22H,1-3H3,(H,27,30). The summed E-state index contributed by atoms with van der Waals surface area (Å²) in [5.41, 5.74) is 0.701. The van der Waals surface area contributed by atoms with Gasteiger partial charge in [0.05, 0.1) is 5.92 Å². The van der Waals surface area contributed by atoms with Crippen molar-refractivity contribution >= 4 is 23.2 Å². The number of amides is 1. The van der Waals surface area contributed by atoms with Gasteiger partial charge in [0, 0.05) is 17.2 Å². The van der Waals surface area contributed by atoms with E-state index in [0.29, 0.717) is 11.4 Å². The average Bonchev–Trinajstić information content (AvgIpc) is 3.17. The summed E-state index contributed by atoms with van der Waals surface area (Å²) in [5, 5.41) is 2.74. The van der Waals surface area contributed by atoms with Crippen molar-refractivity contribution in [2.75, 3.05) is 5.32 Å². The van der Waals surface area contributed by atoms with Crippen molar-refractivity contribution in [3.8, 4) is 0 Å². The van der Waals surface area contributed by atoms with Crippen LogP contribution >= 0.6 is 0 Å². The summed E-state index contributed by atoms with van der Waals surface area (Å²) in [6.07, 6.45) is 0. The number of carbonyl (C=O) groups is 3. The van der Waals surface area contributed by atoms with Crippen LogP contribution in [0.2, 0.25) is 0 Å². The zero-order valence-electron chi connectivity index (χ0n) is 17.6. The molecule has 31 heavy (non-hydrogen) atoms. The summed E-state index contributed by atoms with van der Waals surface area (Å²) < 4.78 is 19.1. The second-order valence-electron chi connectivity index (χ2n) is 7.69. The van der Waals surface area contributed by atoms with E-state index < -0.39 is 35.3 Å². The van der Waals surface area contributed by atoms with Crippen molar-refractivity contribution in [1.29, 1.82) is 0 Å². The molecule has 6 heteroatoms. The molecule has 1 N–H and O–H groups in total. The van der Waals surface area contributed by atoms with E-state index in [9.17, 15) is 18.8 Å². The first kappa shape index (κ1) is 22.2. The van der Waals surface area contributed by atoms with Crippen molar-refractivity contribution in [1.82, 2.24) is 0 Å². The molecule has 5 nitrogen and oxygen atoms in total. The molecule has 1 heterocycles. The highest BCUT2D eigenvalue weighted by Gasteiger charge is 2.43. The number of hydrogen-bond donors (Lipinski definition) is 1. The van der Waals surface area contributed by atoms with Crippen LogP contribution in [0.4, 0.5) is 10.1 Å². The minimum absolute atomic E-state index is 0.189. The van der Waals surface area contributed by atoms with E-state index in [0.717, 1.165) is 0 Å². The number of hydrogen-bond acceptors (Lipinski definition) is 4. The van der Waals surface area contributed by atoms with E-state index in [2.05, 4.69) is 5.32 Å². The number of aryl methyl sites for hydroxylation is 1. The summed E-state index contributed by atoms with van der Waals surface area (Å²) in [7, 11) is 0. The summed E-state index contributed by atoms with van der Waals surface area (Å²) in [4.78, 5) is 39.9. The number of furan rings is 1. The lowest BCUT2D eigenvalue weighted by Gasteiger charge is -2.25. The minimum Gasteiger partial charge on any atom is -0.466 e. The summed E-state index contributed by atoms with van der Waals surface area (Å²) >= 11 is 0. The third-order valence-electron chi connectivity index (χ3n) is 5.01. The van der Waals surface area contributed by atoms with Crippen LogP contribution in [0.3, 0.4) is 0 Å². The molecular formula is C25H24FNO4.